The minimum absolute atomic E-state index is 0. The molecule has 0 spiro atoms. The monoisotopic (exact) mass is 481 g/mol. The van der Waals surface area contributed by atoms with Crippen LogP contribution >= 0.6 is 35.6 Å². The molecule has 1 heterocycles. The molecule has 2 fully saturated rings. The van der Waals surface area contributed by atoms with Crippen molar-refractivity contribution < 1.29 is 9.13 Å². The van der Waals surface area contributed by atoms with Crippen LogP contribution in [0.25, 0.3) is 0 Å². The van der Waals surface area contributed by atoms with Gasteiger partial charge in [0.15, 0.2) is 5.96 Å². The molecule has 3 atom stereocenters. The number of ether oxygens (including phenoxy) is 1. The van der Waals surface area contributed by atoms with Gasteiger partial charge in [-0.15, -0.1) is 24.0 Å². The van der Waals surface area contributed by atoms with Crippen molar-refractivity contribution in [3.05, 3.63) is 34.6 Å². The molecule has 1 aliphatic heterocycles. The molecule has 1 aromatic carbocycles. The first-order chi connectivity index (χ1) is 11.4. The molecule has 2 N–H and O–H groups in total. The highest BCUT2D eigenvalue weighted by Crippen LogP contribution is 2.52. The first-order valence-electron chi connectivity index (χ1n) is 8.46. The second-order valence-corrected chi connectivity index (χ2v) is 7.58. The maximum absolute atomic E-state index is 13.1. The third-order valence-electron chi connectivity index (χ3n) is 5.32. The Hall–Kier alpha value is -0.600. The van der Waals surface area contributed by atoms with Gasteiger partial charge < -0.3 is 15.4 Å². The second-order valence-electron chi connectivity index (χ2n) is 7.17. The Bertz CT molecular complexity index is 641. The fraction of sp³-hybridized carbons (Fsp3) is 0.611. The van der Waals surface area contributed by atoms with E-state index in [4.69, 9.17) is 16.3 Å². The zero-order valence-electron chi connectivity index (χ0n) is 14.8. The van der Waals surface area contributed by atoms with Gasteiger partial charge >= 0.3 is 0 Å². The minimum atomic E-state index is -0.310. The molecule has 1 aromatic rings. The molecular weight excluding hydrogens is 456 g/mol. The Kier molecular flexibility index (Phi) is 6.95. The Morgan fingerprint density at radius 2 is 2.20 bits per heavy atom. The molecule has 0 radical (unpaired) electrons. The number of fused-ring (bicyclic) bond motifs is 1. The van der Waals surface area contributed by atoms with E-state index in [9.17, 15) is 4.39 Å². The summed E-state index contributed by atoms with van der Waals surface area (Å²) in [6, 6.07) is 4.88. The lowest BCUT2D eigenvalue weighted by atomic mass is 9.57. The molecule has 4 nitrogen and oxygen atoms in total. The van der Waals surface area contributed by atoms with Crippen molar-refractivity contribution in [2.24, 2.45) is 16.3 Å². The van der Waals surface area contributed by atoms with E-state index in [-0.39, 0.29) is 35.2 Å². The van der Waals surface area contributed by atoms with Crippen LogP contribution in [0.4, 0.5) is 4.39 Å². The minimum Gasteiger partial charge on any atom is -0.377 e. The quantitative estimate of drug-likeness (QED) is 0.392. The Labute approximate surface area is 171 Å². The van der Waals surface area contributed by atoms with Crippen LogP contribution in [-0.4, -0.2) is 38.3 Å². The number of benzene rings is 1. The van der Waals surface area contributed by atoms with Crippen LogP contribution in [0.5, 0.6) is 0 Å². The van der Waals surface area contributed by atoms with E-state index < -0.39 is 0 Å². The molecule has 2 aliphatic rings. The first-order valence-corrected chi connectivity index (χ1v) is 8.84. The summed E-state index contributed by atoms with van der Waals surface area (Å²) in [5, 5.41) is 7.33. The average Bonchev–Trinajstić information content (AvgIpc) is 2.99. The molecule has 1 saturated heterocycles. The Balaban J connectivity index is 0.00000225. The Morgan fingerprint density at radius 3 is 2.88 bits per heavy atom. The number of hydrogen-bond donors (Lipinski definition) is 2. The van der Waals surface area contributed by atoms with Crippen molar-refractivity contribution in [1.82, 2.24) is 10.6 Å². The van der Waals surface area contributed by atoms with E-state index in [1.165, 1.54) is 12.1 Å². The van der Waals surface area contributed by atoms with Crippen molar-refractivity contribution in [3.8, 4) is 0 Å². The zero-order valence-corrected chi connectivity index (χ0v) is 17.9. The molecule has 140 valence electrons. The van der Waals surface area contributed by atoms with E-state index in [0.717, 1.165) is 24.6 Å². The SMILES string of the molecule is CN=C(NCCc1ccc(F)cc1Cl)NC1C2CCOC2C1(C)C.I. The van der Waals surface area contributed by atoms with Gasteiger partial charge in [0.2, 0.25) is 0 Å². The van der Waals surface area contributed by atoms with Gasteiger partial charge in [-0.2, -0.15) is 0 Å². The molecule has 0 amide bonds. The van der Waals surface area contributed by atoms with Crippen LogP contribution in [-0.2, 0) is 11.2 Å². The van der Waals surface area contributed by atoms with Crippen LogP contribution in [0, 0.1) is 17.2 Å². The third kappa shape index (κ3) is 4.22. The van der Waals surface area contributed by atoms with Crippen LogP contribution < -0.4 is 10.6 Å². The summed E-state index contributed by atoms with van der Waals surface area (Å²) in [4.78, 5) is 4.32. The fourth-order valence-corrected chi connectivity index (χ4v) is 4.26. The van der Waals surface area contributed by atoms with Gasteiger partial charge in [0, 0.05) is 42.6 Å². The molecule has 1 aliphatic carbocycles. The van der Waals surface area contributed by atoms with Crippen molar-refractivity contribution >= 4 is 41.5 Å². The van der Waals surface area contributed by atoms with Gasteiger partial charge in [-0.3, -0.25) is 4.99 Å². The number of rotatable bonds is 4. The van der Waals surface area contributed by atoms with Crippen molar-refractivity contribution in [2.45, 2.75) is 38.8 Å². The Morgan fingerprint density at radius 1 is 1.44 bits per heavy atom. The topological polar surface area (TPSA) is 45.7 Å². The van der Waals surface area contributed by atoms with Gasteiger partial charge in [-0.05, 0) is 30.5 Å². The molecular formula is C18H26ClFIN3O. The normalized spacial score (nSPS) is 27.1. The van der Waals surface area contributed by atoms with Crippen molar-refractivity contribution in [1.29, 1.82) is 0 Å². The lowest BCUT2D eigenvalue weighted by Crippen LogP contribution is -2.68. The first kappa shape index (κ1) is 20.7. The van der Waals surface area contributed by atoms with Crippen LogP contribution in [0.2, 0.25) is 5.02 Å². The number of nitrogens with zero attached hydrogens (tertiary/aromatic N) is 1. The summed E-state index contributed by atoms with van der Waals surface area (Å²) in [5.41, 5.74) is 1.04. The summed E-state index contributed by atoms with van der Waals surface area (Å²) in [6.45, 7) is 6.01. The maximum Gasteiger partial charge on any atom is 0.191 e. The van der Waals surface area contributed by atoms with E-state index in [1.807, 2.05) is 0 Å². The summed E-state index contributed by atoms with van der Waals surface area (Å²) in [6.07, 6.45) is 2.17. The second kappa shape index (κ2) is 8.39. The third-order valence-corrected chi connectivity index (χ3v) is 5.67. The predicted molar refractivity (Wildman–Crippen MR) is 110 cm³/mol. The summed E-state index contributed by atoms with van der Waals surface area (Å²) in [5.74, 6) is 1.04. The largest absolute Gasteiger partial charge is 0.377 e. The number of nitrogens with one attached hydrogen (secondary N) is 2. The summed E-state index contributed by atoms with van der Waals surface area (Å²) in [7, 11) is 1.77. The van der Waals surface area contributed by atoms with Crippen molar-refractivity contribution in [3.63, 3.8) is 0 Å². The molecule has 3 unspecified atom stereocenters. The zero-order chi connectivity index (χ0) is 17.3. The standard InChI is InChI=1S/C18H25ClFN3O.HI/c1-18(2)15(13-7-9-24-16(13)18)23-17(21-3)22-8-6-11-4-5-12(20)10-14(11)19;/h4-5,10,13,15-16H,6-9H2,1-3H3,(H2,21,22,23);1H. The lowest BCUT2D eigenvalue weighted by molar-refractivity contribution is -0.106. The van der Waals surface area contributed by atoms with E-state index in [0.29, 0.717) is 36.1 Å². The fourth-order valence-electron chi connectivity index (χ4n) is 4.00. The molecule has 3 rings (SSSR count). The molecule has 1 saturated carbocycles. The van der Waals surface area contributed by atoms with E-state index >= 15 is 0 Å². The molecule has 25 heavy (non-hydrogen) atoms. The van der Waals surface area contributed by atoms with Crippen LogP contribution in [0.15, 0.2) is 23.2 Å². The van der Waals surface area contributed by atoms with E-state index in [2.05, 4.69) is 29.5 Å². The highest BCUT2D eigenvalue weighted by molar-refractivity contribution is 14.0. The summed E-state index contributed by atoms with van der Waals surface area (Å²) < 4.78 is 18.9. The molecule has 7 heteroatoms. The van der Waals surface area contributed by atoms with Gasteiger partial charge in [0.25, 0.3) is 0 Å². The average molecular weight is 482 g/mol. The van der Waals surface area contributed by atoms with Crippen LogP contribution in [0.1, 0.15) is 25.8 Å². The highest BCUT2D eigenvalue weighted by atomic mass is 127. The molecule has 0 aromatic heterocycles. The molecule has 0 bridgehead atoms. The number of aliphatic imine (C=N–C) groups is 1. The van der Waals surface area contributed by atoms with Crippen molar-refractivity contribution in [2.75, 3.05) is 20.2 Å². The van der Waals surface area contributed by atoms with E-state index in [1.54, 1.807) is 13.1 Å². The maximum atomic E-state index is 13.1. The smallest absolute Gasteiger partial charge is 0.191 e. The number of halogens is 3. The highest BCUT2D eigenvalue weighted by Gasteiger charge is 2.59. The number of guanidine groups is 1. The predicted octanol–water partition coefficient (Wildman–Crippen LogP) is 3.62. The van der Waals surface area contributed by atoms with Gasteiger partial charge in [-0.25, -0.2) is 4.39 Å². The van der Waals surface area contributed by atoms with Gasteiger partial charge in [0.1, 0.15) is 5.82 Å². The van der Waals surface area contributed by atoms with Gasteiger partial charge in [0.05, 0.1) is 6.10 Å². The summed E-state index contributed by atoms with van der Waals surface area (Å²) >= 11 is 6.07. The number of hydrogen-bond acceptors (Lipinski definition) is 2. The van der Waals surface area contributed by atoms with Crippen LogP contribution in [0.3, 0.4) is 0 Å². The lowest BCUT2D eigenvalue weighted by Gasteiger charge is -2.54. The van der Waals surface area contributed by atoms with Gasteiger partial charge in [-0.1, -0.05) is 31.5 Å².